The fourth-order valence-corrected chi connectivity index (χ4v) is 3.09. The third-order valence-electron chi connectivity index (χ3n) is 3.74. The van der Waals surface area contributed by atoms with E-state index in [0.29, 0.717) is 0 Å². The Balaban J connectivity index is 1.79. The van der Waals surface area contributed by atoms with Crippen molar-refractivity contribution in [1.29, 1.82) is 0 Å². The van der Waals surface area contributed by atoms with Crippen LogP contribution in [-0.4, -0.2) is 41.6 Å². The molecule has 1 saturated heterocycles. The van der Waals surface area contributed by atoms with Crippen molar-refractivity contribution in [3.63, 3.8) is 0 Å². The fraction of sp³-hybridized carbons (Fsp3) is 0.667. The average molecular weight is 342 g/mol. The van der Waals surface area contributed by atoms with Crippen LogP contribution in [0.3, 0.4) is 0 Å². The number of halogens is 1. The van der Waals surface area contributed by atoms with Gasteiger partial charge in [0.05, 0.1) is 0 Å². The Morgan fingerprint density at radius 1 is 1.40 bits per heavy atom. The van der Waals surface area contributed by atoms with E-state index in [1.807, 2.05) is 16.8 Å². The van der Waals surface area contributed by atoms with Gasteiger partial charge in [-0.25, -0.2) is 0 Å². The van der Waals surface area contributed by atoms with Gasteiger partial charge in [-0.3, -0.25) is 4.79 Å². The quantitative estimate of drug-likeness (QED) is 0.807. The third-order valence-corrected chi connectivity index (χ3v) is 4.17. The molecule has 0 aromatic carbocycles. The first-order valence-corrected chi connectivity index (χ1v) is 8.25. The second-order valence-electron chi connectivity index (χ2n) is 5.70. The molecule has 0 radical (unpaired) electrons. The number of likely N-dealkylation sites (tertiary alicyclic amines) is 1. The molecule has 1 aromatic heterocycles. The van der Waals surface area contributed by atoms with Crippen molar-refractivity contribution in [1.82, 2.24) is 14.8 Å². The van der Waals surface area contributed by atoms with E-state index >= 15 is 0 Å². The number of rotatable bonds is 6. The standard InChI is InChI=1S/C15H24BrN3O/c1-12(2)19-11-13(16)10-14(19)15(20)17-6-5-9-18-7-3-4-8-18/h10-12H,3-9H2,1-2H3,(H,17,20). The van der Waals surface area contributed by atoms with E-state index in [1.165, 1.54) is 25.9 Å². The van der Waals surface area contributed by atoms with Gasteiger partial charge < -0.3 is 14.8 Å². The van der Waals surface area contributed by atoms with E-state index in [-0.39, 0.29) is 11.9 Å². The molecule has 1 N–H and O–H groups in total. The van der Waals surface area contributed by atoms with E-state index < -0.39 is 0 Å². The zero-order chi connectivity index (χ0) is 14.5. The number of carbonyl (C=O) groups is 1. The van der Waals surface area contributed by atoms with Crippen LogP contribution in [0.15, 0.2) is 16.7 Å². The number of carbonyl (C=O) groups excluding carboxylic acids is 1. The molecule has 1 fully saturated rings. The molecule has 0 aliphatic carbocycles. The molecule has 112 valence electrons. The molecule has 1 aliphatic rings. The Hall–Kier alpha value is -0.810. The minimum absolute atomic E-state index is 0.0193. The van der Waals surface area contributed by atoms with Gasteiger partial charge in [0.25, 0.3) is 5.91 Å². The molecular formula is C15H24BrN3O. The van der Waals surface area contributed by atoms with Gasteiger partial charge in [0.2, 0.25) is 0 Å². The maximum atomic E-state index is 12.2. The molecule has 0 bridgehead atoms. The zero-order valence-corrected chi connectivity index (χ0v) is 13.9. The Labute approximate surface area is 129 Å². The van der Waals surface area contributed by atoms with E-state index in [9.17, 15) is 4.79 Å². The lowest BCUT2D eigenvalue weighted by atomic mass is 10.3. The van der Waals surface area contributed by atoms with Crippen LogP contribution in [0.5, 0.6) is 0 Å². The molecule has 20 heavy (non-hydrogen) atoms. The van der Waals surface area contributed by atoms with Gasteiger partial charge >= 0.3 is 0 Å². The monoisotopic (exact) mass is 341 g/mol. The van der Waals surface area contributed by atoms with Crippen LogP contribution >= 0.6 is 15.9 Å². The highest BCUT2D eigenvalue weighted by Gasteiger charge is 2.15. The SMILES string of the molecule is CC(C)n1cc(Br)cc1C(=O)NCCCN1CCCC1. The summed E-state index contributed by atoms with van der Waals surface area (Å²) in [7, 11) is 0. The average Bonchev–Trinajstić information content (AvgIpc) is 3.03. The predicted molar refractivity (Wildman–Crippen MR) is 85.1 cm³/mol. The molecule has 0 saturated carbocycles. The van der Waals surface area contributed by atoms with Crippen LogP contribution in [0.25, 0.3) is 0 Å². The minimum Gasteiger partial charge on any atom is -0.351 e. The summed E-state index contributed by atoms with van der Waals surface area (Å²) in [5.41, 5.74) is 0.730. The molecule has 1 aromatic rings. The highest BCUT2D eigenvalue weighted by molar-refractivity contribution is 9.10. The van der Waals surface area contributed by atoms with Gasteiger partial charge in [-0.05, 0) is 74.7 Å². The molecule has 0 spiro atoms. The van der Waals surface area contributed by atoms with Crippen LogP contribution in [-0.2, 0) is 0 Å². The molecule has 4 nitrogen and oxygen atoms in total. The van der Waals surface area contributed by atoms with E-state index in [4.69, 9.17) is 0 Å². The van der Waals surface area contributed by atoms with E-state index in [0.717, 1.165) is 29.7 Å². The summed E-state index contributed by atoms with van der Waals surface area (Å²) in [5, 5.41) is 3.02. The fourth-order valence-electron chi connectivity index (χ4n) is 2.66. The normalized spacial score (nSPS) is 16.0. The second kappa shape index (κ2) is 7.27. The topological polar surface area (TPSA) is 37.3 Å². The van der Waals surface area contributed by atoms with E-state index in [1.54, 1.807) is 0 Å². The number of nitrogens with one attached hydrogen (secondary N) is 1. The van der Waals surface area contributed by atoms with Crippen molar-refractivity contribution in [3.05, 3.63) is 22.4 Å². The van der Waals surface area contributed by atoms with Crippen molar-refractivity contribution in [3.8, 4) is 0 Å². The van der Waals surface area contributed by atoms with Crippen LogP contribution in [0.1, 0.15) is 49.6 Å². The highest BCUT2D eigenvalue weighted by Crippen LogP contribution is 2.19. The van der Waals surface area contributed by atoms with Gasteiger partial charge in [-0.15, -0.1) is 0 Å². The maximum Gasteiger partial charge on any atom is 0.267 e. The van der Waals surface area contributed by atoms with Crippen LogP contribution < -0.4 is 5.32 Å². The molecule has 2 rings (SSSR count). The van der Waals surface area contributed by atoms with E-state index in [2.05, 4.69) is 40.0 Å². The van der Waals surface area contributed by atoms with Crippen LogP contribution in [0.2, 0.25) is 0 Å². The van der Waals surface area contributed by atoms with Gasteiger partial charge in [0.1, 0.15) is 5.69 Å². The number of amides is 1. The van der Waals surface area contributed by atoms with Gasteiger partial charge in [0.15, 0.2) is 0 Å². The van der Waals surface area contributed by atoms with Crippen molar-refractivity contribution in [2.75, 3.05) is 26.2 Å². The lowest BCUT2D eigenvalue weighted by Gasteiger charge is -2.15. The molecule has 0 atom stereocenters. The summed E-state index contributed by atoms with van der Waals surface area (Å²) in [6.07, 6.45) is 5.63. The smallest absolute Gasteiger partial charge is 0.267 e. The summed E-state index contributed by atoms with van der Waals surface area (Å²) < 4.78 is 2.95. The summed E-state index contributed by atoms with van der Waals surface area (Å²) >= 11 is 3.44. The number of hydrogen-bond acceptors (Lipinski definition) is 2. The molecule has 1 amide bonds. The Morgan fingerprint density at radius 2 is 2.10 bits per heavy atom. The Morgan fingerprint density at radius 3 is 2.75 bits per heavy atom. The Kier molecular flexibility index (Phi) is 5.66. The van der Waals surface area contributed by atoms with Gasteiger partial charge in [-0.2, -0.15) is 0 Å². The minimum atomic E-state index is 0.0193. The van der Waals surface area contributed by atoms with Crippen molar-refractivity contribution in [2.45, 2.75) is 39.2 Å². The largest absolute Gasteiger partial charge is 0.351 e. The number of aromatic nitrogens is 1. The first-order chi connectivity index (χ1) is 9.58. The zero-order valence-electron chi connectivity index (χ0n) is 12.4. The lowest BCUT2D eigenvalue weighted by Crippen LogP contribution is -2.30. The predicted octanol–water partition coefficient (Wildman–Crippen LogP) is 3.05. The molecule has 1 aliphatic heterocycles. The summed E-state index contributed by atoms with van der Waals surface area (Å²) in [6.45, 7) is 8.44. The number of nitrogens with zero attached hydrogens (tertiary/aromatic N) is 2. The molecule has 0 unspecified atom stereocenters. The van der Waals surface area contributed by atoms with Crippen LogP contribution in [0.4, 0.5) is 0 Å². The molecular weight excluding hydrogens is 318 g/mol. The summed E-state index contributed by atoms with van der Waals surface area (Å²) in [5.74, 6) is 0.0193. The lowest BCUT2D eigenvalue weighted by molar-refractivity contribution is 0.0941. The second-order valence-corrected chi connectivity index (χ2v) is 6.62. The van der Waals surface area contributed by atoms with Gasteiger partial charge in [0, 0.05) is 23.3 Å². The first kappa shape index (κ1) is 15.6. The number of hydrogen-bond donors (Lipinski definition) is 1. The van der Waals surface area contributed by atoms with Crippen molar-refractivity contribution in [2.24, 2.45) is 0 Å². The van der Waals surface area contributed by atoms with Crippen molar-refractivity contribution >= 4 is 21.8 Å². The van der Waals surface area contributed by atoms with Crippen LogP contribution in [0, 0.1) is 0 Å². The molecule has 2 heterocycles. The van der Waals surface area contributed by atoms with Crippen molar-refractivity contribution < 1.29 is 4.79 Å². The third kappa shape index (κ3) is 4.09. The van der Waals surface area contributed by atoms with Gasteiger partial charge in [-0.1, -0.05) is 0 Å². The highest BCUT2D eigenvalue weighted by atomic mass is 79.9. The Bertz CT molecular complexity index is 450. The summed E-state index contributed by atoms with van der Waals surface area (Å²) in [4.78, 5) is 14.7. The molecule has 5 heteroatoms. The first-order valence-electron chi connectivity index (χ1n) is 7.46. The maximum absolute atomic E-state index is 12.2. The summed E-state index contributed by atoms with van der Waals surface area (Å²) in [6, 6.07) is 2.17.